The summed E-state index contributed by atoms with van der Waals surface area (Å²) in [4.78, 5) is 48.3. The first-order valence-corrected chi connectivity index (χ1v) is 8.56. The molecule has 0 radical (unpaired) electrons. The van der Waals surface area contributed by atoms with E-state index in [0.29, 0.717) is 19.5 Å². The first-order valence-electron chi connectivity index (χ1n) is 8.56. The van der Waals surface area contributed by atoms with Crippen molar-refractivity contribution in [2.24, 2.45) is 0 Å². The van der Waals surface area contributed by atoms with E-state index in [1.165, 1.54) is 24.0 Å². The average molecular weight is 371 g/mol. The van der Waals surface area contributed by atoms with Gasteiger partial charge in [-0.15, -0.1) is 0 Å². The lowest BCUT2D eigenvalue weighted by Crippen LogP contribution is -2.57. The summed E-state index contributed by atoms with van der Waals surface area (Å²) in [6.45, 7) is 8.93. The van der Waals surface area contributed by atoms with Gasteiger partial charge in [-0.2, -0.15) is 0 Å². The highest BCUT2D eigenvalue weighted by molar-refractivity contribution is 5.89. The number of likely N-dealkylation sites (N-methyl/N-ethyl adjacent to an activating group) is 1. The van der Waals surface area contributed by atoms with Crippen molar-refractivity contribution in [1.29, 1.82) is 0 Å². The van der Waals surface area contributed by atoms with Gasteiger partial charge in [0.2, 0.25) is 5.91 Å². The van der Waals surface area contributed by atoms with E-state index in [2.05, 4.69) is 16.0 Å². The molecule has 0 aromatic heterocycles. The van der Waals surface area contributed by atoms with Crippen LogP contribution in [0.1, 0.15) is 41.0 Å². The molecule has 1 saturated heterocycles. The van der Waals surface area contributed by atoms with Gasteiger partial charge in [0.25, 0.3) is 5.91 Å². The van der Waals surface area contributed by atoms with Crippen LogP contribution in [0.15, 0.2) is 0 Å². The third kappa shape index (κ3) is 6.08. The van der Waals surface area contributed by atoms with Gasteiger partial charge >= 0.3 is 12.1 Å². The zero-order chi connectivity index (χ0) is 20.1. The van der Waals surface area contributed by atoms with E-state index in [0.717, 1.165) is 0 Å². The molecular weight excluding hydrogens is 342 g/mol. The Morgan fingerprint density at radius 1 is 0.962 bits per heavy atom. The second-order valence-corrected chi connectivity index (χ2v) is 7.09. The largest absolute Gasteiger partial charge is 0.444 e. The van der Waals surface area contributed by atoms with Crippen LogP contribution in [-0.4, -0.2) is 71.8 Å². The molecule has 0 saturated carbocycles. The monoisotopic (exact) mass is 371 g/mol. The number of rotatable bonds is 4. The van der Waals surface area contributed by atoms with E-state index in [1.807, 2.05) is 0 Å². The van der Waals surface area contributed by atoms with Crippen LogP contribution < -0.4 is 16.0 Å². The Kier molecular flexibility index (Phi) is 7.22. The molecule has 0 bridgehead atoms. The quantitative estimate of drug-likeness (QED) is 0.652. The molecule has 26 heavy (non-hydrogen) atoms. The summed E-state index contributed by atoms with van der Waals surface area (Å²) in [7, 11) is 1.47. The highest BCUT2D eigenvalue weighted by Gasteiger charge is 2.35. The number of nitrogens with zero attached hydrogens (tertiary/aromatic N) is 2. The third-order valence-electron chi connectivity index (χ3n) is 3.60. The maximum atomic E-state index is 12.6. The smallest absolute Gasteiger partial charge is 0.408 e. The number of hydrazine groups is 1. The lowest BCUT2D eigenvalue weighted by atomic mass is 10.2. The molecule has 0 aromatic rings. The van der Waals surface area contributed by atoms with E-state index in [4.69, 9.17) is 4.74 Å². The van der Waals surface area contributed by atoms with Gasteiger partial charge in [0, 0.05) is 20.1 Å². The summed E-state index contributed by atoms with van der Waals surface area (Å²) in [5.74, 6) is -0.772. The summed E-state index contributed by atoms with van der Waals surface area (Å²) in [5, 5.41) is 9.96. The number of amides is 5. The van der Waals surface area contributed by atoms with Crippen LogP contribution in [0, 0.1) is 0 Å². The zero-order valence-electron chi connectivity index (χ0n) is 16.2. The summed E-state index contributed by atoms with van der Waals surface area (Å²) < 4.78 is 5.13. The van der Waals surface area contributed by atoms with Crippen LogP contribution in [0.25, 0.3) is 0 Å². The van der Waals surface area contributed by atoms with E-state index in [-0.39, 0.29) is 5.91 Å². The van der Waals surface area contributed by atoms with E-state index >= 15 is 0 Å². The lowest BCUT2D eigenvalue weighted by molar-refractivity contribution is -0.142. The topological polar surface area (TPSA) is 120 Å². The van der Waals surface area contributed by atoms with Crippen molar-refractivity contribution in [3.8, 4) is 0 Å². The molecule has 2 atom stereocenters. The fraction of sp³-hybridized carbons (Fsp3) is 0.750. The van der Waals surface area contributed by atoms with Crippen molar-refractivity contribution in [3.05, 3.63) is 0 Å². The molecule has 1 aliphatic rings. The number of urea groups is 1. The average Bonchev–Trinajstić information content (AvgIpc) is 3.00. The van der Waals surface area contributed by atoms with Gasteiger partial charge in [-0.25, -0.2) is 19.6 Å². The van der Waals surface area contributed by atoms with Crippen molar-refractivity contribution in [2.75, 3.05) is 20.1 Å². The highest BCUT2D eigenvalue weighted by Crippen LogP contribution is 2.13. The van der Waals surface area contributed by atoms with Gasteiger partial charge < -0.3 is 20.7 Å². The predicted molar refractivity (Wildman–Crippen MR) is 93.9 cm³/mol. The van der Waals surface area contributed by atoms with Gasteiger partial charge in [-0.05, 0) is 41.0 Å². The molecule has 0 aromatic carbocycles. The van der Waals surface area contributed by atoms with Crippen molar-refractivity contribution < 1.29 is 23.9 Å². The minimum absolute atomic E-state index is 0.338. The SMILES string of the molecule is CNC(=O)[C@H](C)NC(=O)N1CCCN1C(=O)[C@H](C)NC(=O)OC(C)(C)C. The van der Waals surface area contributed by atoms with E-state index < -0.39 is 35.7 Å². The standard InChI is InChI=1S/C16H29N5O5/c1-10(12(22)17-6)18-14(24)21-9-7-8-20(21)13(23)11(2)19-15(25)26-16(3,4)5/h10-11H,7-9H2,1-6H3,(H,17,22)(H,18,24)(H,19,25)/t10-,11-/m0/s1. The molecule has 3 N–H and O–H groups in total. The molecule has 1 heterocycles. The molecule has 148 valence electrons. The van der Waals surface area contributed by atoms with Gasteiger partial charge in [0.1, 0.15) is 17.7 Å². The number of carbonyl (C=O) groups is 4. The molecule has 0 spiro atoms. The predicted octanol–water partition coefficient (Wildman–Crippen LogP) is 0.193. The number of hydrogen-bond acceptors (Lipinski definition) is 5. The van der Waals surface area contributed by atoms with E-state index in [1.54, 1.807) is 27.7 Å². The lowest BCUT2D eigenvalue weighted by Gasteiger charge is -2.31. The fourth-order valence-corrected chi connectivity index (χ4v) is 2.36. The van der Waals surface area contributed by atoms with Crippen molar-refractivity contribution >= 4 is 23.9 Å². The van der Waals surface area contributed by atoms with Gasteiger partial charge in [-0.1, -0.05) is 0 Å². The zero-order valence-corrected chi connectivity index (χ0v) is 16.2. The number of hydrogen-bond donors (Lipinski definition) is 3. The number of ether oxygens (including phenoxy) is 1. The maximum absolute atomic E-state index is 12.6. The Morgan fingerprint density at radius 2 is 1.54 bits per heavy atom. The molecule has 1 aliphatic heterocycles. The second kappa shape index (κ2) is 8.72. The Bertz CT molecular complexity index is 560. The number of alkyl carbamates (subject to hydrolysis) is 1. The number of carbonyl (C=O) groups excluding carboxylic acids is 4. The summed E-state index contributed by atoms with van der Waals surface area (Å²) in [6.07, 6.45) is -0.103. The second-order valence-electron chi connectivity index (χ2n) is 7.09. The molecule has 10 heteroatoms. The van der Waals surface area contributed by atoms with Gasteiger partial charge in [0.15, 0.2) is 0 Å². The van der Waals surface area contributed by atoms with Crippen LogP contribution in [0.3, 0.4) is 0 Å². The fourth-order valence-electron chi connectivity index (χ4n) is 2.36. The van der Waals surface area contributed by atoms with Crippen molar-refractivity contribution in [3.63, 3.8) is 0 Å². The first kappa shape index (κ1) is 21.5. The molecule has 0 unspecified atom stereocenters. The Hall–Kier alpha value is -2.52. The van der Waals surface area contributed by atoms with Crippen LogP contribution in [0.4, 0.5) is 9.59 Å². The molecule has 1 rings (SSSR count). The summed E-state index contributed by atoms with van der Waals surface area (Å²) >= 11 is 0. The Labute approximate surface area is 153 Å². The summed E-state index contributed by atoms with van der Waals surface area (Å²) in [5.41, 5.74) is -0.678. The van der Waals surface area contributed by atoms with Crippen LogP contribution in [-0.2, 0) is 14.3 Å². The number of nitrogens with one attached hydrogen (secondary N) is 3. The van der Waals surface area contributed by atoms with Gasteiger partial charge in [0.05, 0.1) is 0 Å². The third-order valence-corrected chi connectivity index (χ3v) is 3.60. The Morgan fingerprint density at radius 3 is 2.08 bits per heavy atom. The molecular formula is C16H29N5O5. The van der Waals surface area contributed by atoms with Crippen LogP contribution in [0.2, 0.25) is 0 Å². The van der Waals surface area contributed by atoms with Crippen LogP contribution in [0.5, 0.6) is 0 Å². The molecule has 10 nitrogen and oxygen atoms in total. The van der Waals surface area contributed by atoms with Gasteiger partial charge in [-0.3, -0.25) is 9.59 Å². The molecule has 0 aliphatic carbocycles. The maximum Gasteiger partial charge on any atom is 0.408 e. The summed E-state index contributed by atoms with van der Waals surface area (Å²) in [6, 6.07) is -2.15. The molecule has 5 amide bonds. The first-order chi connectivity index (χ1) is 12.0. The Balaban J connectivity index is 2.68. The van der Waals surface area contributed by atoms with Crippen LogP contribution >= 0.6 is 0 Å². The van der Waals surface area contributed by atoms with E-state index in [9.17, 15) is 19.2 Å². The minimum Gasteiger partial charge on any atom is -0.444 e. The minimum atomic E-state index is -0.866. The van der Waals surface area contributed by atoms with Crippen molar-refractivity contribution in [2.45, 2.75) is 58.7 Å². The normalized spacial score (nSPS) is 16.5. The highest BCUT2D eigenvalue weighted by atomic mass is 16.6. The van der Waals surface area contributed by atoms with Crippen molar-refractivity contribution in [1.82, 2.24) is 26.0 Å². The molecule has 1 fully saturated rings.